The predicted molar refractivity (Wildman–Crippen MR) is 84.9 cm³/mol. The highest BCUT2D eigenvalue weighted by Gasteiger charge is 2.31. The number of alkyl halides is 3. The number of carbonyl (C=O) groups is 1. The van der Waals surface area contributed by atoms with E-state index in [1.165, 1.54) is 13.0 Å². The highest BCUT2D eigenvalue weighted by Crippen LogP contribution is 2.35. The van der Waals surface area contributed by atoms with Crippen molar-refractivity contribution >= 4 is 15.7 Å². The van der Waals surface area contributed by atoms with Gasteiger partial charge >= 0.3 is 6.18 Å². The highest BCUT2D eigenvalue weighted by atomic mass is 32.2. The smallest absolute Gasteiger partial charge is 0.416 e. The Morgan fingerprint density at radius 3 is 2.38 bits per heavy atom. The molecule has 0 spiro atoms. The van der Waals surface area contributed by atoms with Gasteiger partial charge in [0.05, 0.1) is 17.0 Å². The Bertz CT molecular complexity index is 913. The van der Waals surface area contributed by atoms with Gasteiger partial charge in [0, 0.05) is 19.0 Å². The summed E-state index contributed by atoms with van der Waals surface area (Å²) in [6, 6.07) is 4.69. The van der Waals surface area contributed by atoms with Crippen molar-refractivity contribution in [3.05, 3.63) is 35.9 Å². The molecule has 0 aliphatic carbocycles. The maximum atomic E-state index is 12.6. The Balaban J connectivity index is 2.23. The molecular formula is C15H14F3N3O4S. The minimum absolute atomic E-state index is 0.0111. The van der Waals surface area contributed by atoms with Gasteiger partial charge in [-0.3, -0.25) is 4.79 Å². The molecule has 0 fully saturated rings. The van der Waals surface area contributed by atoms with E-state index in [-0.39, 0.29) is 34.5 Å². The Morgan fingerprint density at radius 2 is 1.88 bits per heavy atom. The van der Waals surface area contributed by atoms with Gasteiger partial charge in [-0.25, -0.2) is 8.42 Å². The first-order chi connectivity index (χ1) is 12.0. The van der Waals surface area contributed by atoms with Crippen LogP contribution in [-0.4, -0.2) is 41.9 Å². The second-order valence-electron chi connectivity index (χ2n) is 5.29. The summed E-state index contributed by atoms with van der Waals surface area (Å²) in [5, 5.41) is 19.0. The first-order valence-corrected chi connectivity index (χ1v) is 8.87. The molecule has 0 saturated carbocycles. The number of carbonyl (C=O) groups excluding carboxylic acids is 1. The minimum Gasteiger partial charge on any atom is -0.507 e. The summed E-state index contributed by atoms with van der Waals surface area (Å²) in [5.41, 5.74) is -1.03. The molecule has 2 rings (SSSR count). The lowest BCUT2D eigenvalue weighted by atomic mass is 10.1. The lowest BCUT2D eigenvalue weighted by Crippen LogP contribution is -2.27. The number of halogens is 3. The van der Waals surface area contributed by atoms with Crippen molar-refractivity contribution in [2.75, 3.05) is 12.3 Å². The molecule has 1 aromatic carbocycles. The first kappa shape index (κ1) is 19.6. The molecule has 1 aromatic heterocycles. The molecule has 1 amide bonds. The normalized spacial score (nSPS) is 12.0. The van der Waals surface area contributed by atoms with Crippen LogP contribution in [0.5, 0.6) is 5.75 Å². The second kappa shape index (κ2) is 7.28. The average Bonchev–Trinajstić information content (AvgIpc) is 2.53. The van der Waals surface area contributed by atoms with Gasteiger partial charge in [0.1, 0.15) is 5.75 Å². The van der Waals surface area contributed by atoms with E-state index >= 15 is 0 Å². The number of rotatable bonds is 5. The molecule has 0 aliphatic rings. The SMILES string of the molecule is CC(=O)NCCS(=O)(=O)c1ccc(-c2ccc(C(F)(F)F)cc2O)nn1. The largest absolute Gasteiger partial charge is 0.507 e. The molecule has 1 heterocycles. The Hall–Kier alpha value is -2.69. The van der Waals surface area contributed by atoms with Crippen molar-refractivity contribution in [2.45, 2.75) is 18.1 Å². The Morgan fingerprint density at radius 1 is 1.19 bits per heavy atom. The van der Waals surface area contributed by atoms with Gasteiger partial charge in [0.25, 0.3) is 0 Å². The van der Waals surface area contributed by atoms with Crippen LogP contribution in [0.1, 0.15) is 12.5 Å². The molecule has 2 aromatic rings. The summed E-state index contributed by atoms with van der Waals surface area (Å²) in [4.78, 5) is 10.8. The molecule has 0 radical (unpaired) electrons. The van der Waals surface area contributed by atoms with Gasteiger partial charge in [-0.1, -0.05) is 0 Å². The number of aromatic nitrogens is 2. The van der Waals surface area contributed by atoms with E-state index in [9.17, 15) is 31.5 Å². The molecule has 0 atom stereocenters. The van der Waals surface area contributed by atoms with Crippen LogP contribution in [0, 0.1) is 0 Å². The quantitative estimate of drug-likeness (QED) is 0.807. The molecule has 0 unspecified atom stereocenters. The summed E-state index contributed by atoms with van der Waals surface area (Å²) in [7, 11) is -3.79. The van der Waals surface area contributed by atoms with E-state index in [0.717, 1.165) is 18.2 Å². The number of amides is 1. The monoisotopic (exact) mass is 389 g/mol. The van der Waals surface area contributed by atoms with Crippen LogP contribution in [0.3, 0.4) is 0 Å². The number of nitrogens with zero attached hydrogens (tertiary/aromatic N) is 2. The third-order valence-corrected chi connectivity index (χ3v) is 4.90. The number of phenols is 1. The standard InChI is InChI=1S/C15H14F3N3O4S/c1-9(22)19-6-7-26(24,25)14-5-4-12(20-21-14)11-3-2-10(8-13(11)23)15(16,17)18/h2-5,8,23H,6-7H2,1H3,(H,19,22). The van der Waals surface area contributed by atoms with Crippen LogP contribution in [-0.2, 0) is 20.8 Å². The molecule has 0 saturated heterocycles. The van der Waals surface area contributed by atoms with Crippen molar-refractivity contribution in [1.29, 1.82) is 0 Å². The van der Waals surface area contributed by atoms with Gasteiger partial charge in [-0.2, -0.15) is 13.2 Å². The van der Waals surface area contributed by atoms with Crippen LogP contribution in [0.25, 0.3) is 11.3 Å². The van der Waals surface area contributed by atoms with Crippen LogP contribution < -0.4 is 5.32 Å². The number of sulfone groups is 1. The van der Waals surface area contributed by atoms with E-state index in [2.05, 4.69) is 15.5 Å². The third-order valence-electron chi connectivity index (χ3n) is 3.30. The summed E-state index contributed by atoms with van der Waals surface area (Å²) >= 11 is 0. The van der Waals surface area contributed by atoms with Crippen molar-refractivity contribution < 1.29 is 31.5 Å². The average molecular weight is 389 g/mol. The lowest BCUT2D eigenvalue weighted by molar-refractivity contribution is -0.137. The molecule has 7 nitrogen and oxygen atoms in total. The zero-order valence-corrected chi connectivity index (χ0v) is 14.2. The lowest BCUT2D eigenvalue weighted by Gasteiger charge is -2.10. The predicted octanol–water partition coefficient (Wildman–Crippen LogP) is 1.78. The van der Waals surface area contributed by atoms with Crippen molar-refractivity contribution in [2.24, 2.45) is 0 Å². The number of nitrogens with one attached hydrogen (secondary N) is 1. The molecule has 0 aliphatic heterocycles. The number of benzene rings is 1. The van der Waals surface area contributed by atoms with E-state index in [4.69, 9.17) is 0 Å². The maximum Gasteiger partial charge on any atom is 0.416 e. The van der Waals surface area contributed by atoms with Crippen LogP contribution in [0.2, 0.25) is 0 Å². The van der Waals surface area contributed by atoms with Gasteiger partial charge in [0.2, 0.25) is 5.91 Å². The fourth-order valence-corrected chi connectivity index (χ4v) is 3.04. The highest BCUT2D eigenvalue weighted by molar-refractivity contribution is 7.91. The van der Waals surface area contributed by atoms with E-state index < -0.39 is 27.3 Å². The first-order valence-electron chi connectivity index (χ1n) is 7.22. The van der Waals surface area contributed by atoms with E-state index in [1.54, 1.807) is 0 Å². The molecular weight excluding hydrogens is 375 g/mol. The number of hydrogen-bond donors (Lipinski definition) is 2. The number of aromatic hydroxyl groups is 1. The molecule has 0 bridgehead atoms. The molecule has 2 N–H and O–H groups in total. The van der Waals surface area contributed by atoms with Gasteiger partial charge < -0.3 is 10.4 Å². The molecule has 140 valence electrons. The van der Waals surface area contributed by atoms with Crippen LogP contribution in [0.4, 0.5) is 13.2 Å². The van der Waals surface area contributed by atoms with E-state index in [0.29, 0.717) is 6.07 Å². The fraction of sp³-hybridized carbons (Fsp3) is 0.267. The summed E-state index contributed by atoms with van der Waals surface area (Å²) < 4.78 is 61.9. The Kier molecular flexibility index (Phi) is 5.50. The zero-order valence-electron chi connectivity index (χ0n) is 13.4. The topological polar surface area (TPSA) is 109 Å². The van der Waals surface area contributed by atoms with Gasteiger partial charge in [-0.15, -0.1) is 10.2 Å². The minimum atomic E-state index is -4.60. The summed E-state index contributed by atoms with van der Waals surface area (Å²) in [6.45, 7) is 1.15. The van der Waals surface area contributed by atoms with E-state index in [1.807, 2.05) is 0 Å². The second-order valence-corrected chi connectivity index (χ2v) is 7.34. The van der Waals surface area contributed by atoms with Crippen molar-refractivity contribution in [3.63, 3.8) is 0 Å². The fourth-order valence-electron chi connectivity index (χ4n) is 2.02. The Labute approximate surface area is 146 Å². The molecule has 11 heteroatoms. The van der Waals surface area contributed by atoms with Crippen LogP contribution in [0.15, 0.2) is 35.4 Å². The zero-order chi connectivity index (χ0) is 19.5. The van der Waals surface area contributed by atoms with Crippen LogP contribution >= 0.6 is 0 Å². The third kappa shape index (κ3) is 4.69. The van der Waals surface area contributed by atoms with Crippen molar-refractivity contribution in [3.8, 4) is 17.0 Å². The summed E-state index contributed by atoms with van der Waals surface area (Å²) in [6.07, 6.45) is -4.60. The van der Waals surface area contributed by atoms with Gasteiger partial charge in [0.15, 0.2) is 14.9 Å². The number of hydrogen-bond acceptors (Lipinski definition) is 6. The summed E-state index contributed by atoms with van der Waals surface area (Å²) in [5.74, 6) is -1.42. The molecule has 26 heavy (non-hydrogen) atoms. The van der Waals surface area contributed by atoms with Crippen molar-refractivity contribution in [1.82, 2.24) is 15.5 Å². The number of phenolic OH excluding ortho intramolecular Hbond substituents is 1. The van der Waals surface area contributed by atoms with Gasteiger partial charge in [-0.05, 0) is 30.3 Å². The maximum absolute atomic E-state index is 12.6.